The summed E-state index contributed by atoms with van der Waals surface area (Å²) in [6.45, 7) is 1.83. The number of oxazole rings is 1. The number of rotatable bonds is 5. The fraction of sp³-hybridized carbons (Fsp3) is 0.130. The van der Waals surface area contributed by atoms with Gasteiger partial charge in [0.15, 0.2) is 16.7 Å². The van der Waals surface area contributed by atoms with Crippen molar-refractivity contribution in [1.29, 1.82) is 0 Å². The molecule has 0 spiro atoms. The second-order valence-corrected chi connectivity index (χ2v) is 7.27. The lowest BCUT2D eigenvalue weighted by molar-refractivity contribution is -0.136. The first-order valence-corrected chi connectivity index (χ1v) is 9.83. The highest BCUT2D eigenvalue weighted by atomic mass is 16.5. The summed E-state index contributed by atoms with van der Waals surface area (Å²) in [6.07, 6.45) is -0.463. The number of carboxylic acid groups (broad SMARTS) is 1. The van der Waals surface area contributed by atoms with Crippen molar-refractivity contribution in [3.8, 4) is 28.3 Å². The number of hydrogen-bond acceptors (Lipinski definition) is 6. The minimum atomic E-state index is -1.12. The van der Waals surface area contributed by atoms with Crippen LogP contribution in [-0.4, -0.2) is 37.8 Å². The standard InChI is InChI=1S/C23H18N4O5/c1-12-18(13-7-4-3-5-8-13)21-24-14(11-17(28)29)19(23(30)27(21)26-12)22-25-20-15(31-2)9-6-10-16(20)32-22/h3-10,26H,11H2,1-2H3,(H,28,29). The Morgan fingerprint density at radius 3 is 2.62 bits per heavy atom. The summed E-state index contributed by atoms with van der Waals surface area (Å²) in [6, 6.07) is 14.6. The fourth-order valence-corrected chi connectivity index (χ4v) is 3.86. The zero-order valence-electron chi connectivity index (χ0n) is 17.2. The predicted molar refractivity (Wildman–Crippen MR) is 117 cm³/mol. The molecule has 0 fully saturated rings. The number of ether oxygens (including phenoxy) is 1. The summed E-state index contributed by atoms with van der Waals surface area (Å²) in [5.74, 6) is -0.653. The van der Waals surface area contributed by atoms with E-state index in [9.17, 15) is 14.7 Å². The third kappa shape index (κ3) is 3.02. The molecule has 0 amide bonds. The topological polar surface area (TPSA) is 123 Å². The average molecular weight is 430 g/mol. The van der Waals surface area contributed by atoms with Crippen molar-refractivity contribution in [2.45, 2.75) is 13.3 Å². The molecule has 0 atom stereocenters. The molecule has 0 saturated carbocycles. The third-order valence-corrected chi connectivity index (χ3v) is 5.23. The van der Waals surface area contributed by atoms with Crippen molar-refractivity contribution >= 4 is 22.7 Å². The van der Waals surface area contributed by atoms with Crippen LogP contribution in [0.15, 0.2) is 57.7 Å². The molecule has 9 heteroatoms. The number of aliphatic carboxylic acids is 1. The SMILES string of the molecule is COc1cccc2oc(-c3c(CC(=O)O)nc4c(-c5ccccc5)c(C)[nH]n4c3=O)nc12. The van der Waals surface area contributed by atoms with Gasteiger partial charge in [-0.15, -0.1) is 0 Å². The van der Waals surface area contributed by atoms with E-state index in [1.807, 2.05) is 37.3 Å². The van der Waals surface area contributed by atoms with Crippen molar-refractivity contribution in [2.75, 3.05) is 7.11 Å². The van der Waals surface area contributed by atoms with Gasteiger partial charge >= 0.3 is 5.97 Å². The van der Waals surface area contributed by atoms with Gasteiger partial charge in [0.1, 0.15) is 11.3 Å². The number of nitrogens with zero attached hydrogens (tertiary/aromatic N) is 3. The number of benzene rings is 2. The lowest BCUT2D eigenvalue weighted by Crippen LogP contribution is -2.21. The second-order valence-electron chi connectivity index (χ2n) is 7.27. The number of nitrogens with one attached hydrogen (secondary N) is 1. The quantitative estimate of drug-likeness (QED) is 0.438. The van der Waals surface area contributed by atoms with Crippen molar-refractivity contribution in [2.24, 2.45) is 0 Å². The van der Waals surface area contributed by atoms with Crippen LogP contribution in [-0.2, 0) is 11.2 Å². The van der Waals surface area contributed by atoms with Crippen LogP contribution in [0.25, 0.3) is 39.3 Å². The molecule has 32 heavy (non-hydrogen) atoms. The largest absolute Gasteiger partial charge is 0.494 e. The summed E-state index contributed by atoms with van der Waals surface area (Å²) >= 11 is 0. The van der Waals surface area contributed by atoms with Crippen LogP contribution in [0.4, 0.5) is 0 Å². The third-order valence-electron chi connectivity index (χ3n) is 5.23. The Morgan fingerprint density at radius 1 is 1.12 bits per heavy atom. The van der Waals surface area contributed by atoms with Gasteiger partial charge in [-0.05, 0) is 24.6 Å². The Balaban J connectivity index is 1.83. The predicted octanol–water partition coefficient (Wildman–Crippen LogP) is 3.44. The van der Waals surface area contributed by atoms with Crippen LogP contribution in [0, 0.1) is 6.92 Å². The highest BCUT2D eigenvalue weighted by Crippen LogP contribution is 2.32. The van der Waals surface area contributed by atoms with E-state index in [0.29, 0.717) is 22.5 Å². The summed E-state index contributed by atoms with van der Waals surface area (Å²) in [5.41, 5.74) is 3.05. The molecular weight excluding hydrogens is 412 g/mol. The van der Waals surface area contributed by atoms with Crippen molar-refractivity contribution < 1.29 is 19.1 Å². The van der Waals surface area contributed by atoms with E-state index in [4.69, 9.17) is 9.15 Å². The molecule has 3 aromatic heterocycles. The minimum Gasteiger partial charge on any atom is -0.494 e. The van der Waals surface area contributed by atoms with Crippen LogP contribution < -0.4 is 10.3 Å². The van der Waals surface area contributed by atoms with Crippen molar-refractivity contribution in [3.05, 3.63) is 70.3 Å². The molecule has 5 rings (SSSR count). The molecule has 0 aliphatic heterocycles. The monoisotopic (exact) mass is 430 g/mol. The van der Waals surface area contributed by atoms with Crippen LogP contribution in [0.3, 0.4) is 0 Å². The zero-order chi connectivity index (χ0) is 22.4. The molecule has 3 heterocycles. The molecule has 0 aliphatic carbocycles. The number of H-pyrrole nitrogens is 1. The zero-order valence-corrected chi connectivity index (χ0v) is 17.2. The van der Waals surface area contributed by atoms with Gasteiger partial charge in [-0.2, -0.15) is 0 Å². The number of carbonyl (C=O) groups is 1. The van der Waals surface area contributed by atoms with Gasteiger partial charge in [0.25, 0.3) is 5.56 Å². The summed E-state index contributed by atoms with van der Waals surface area (Å²) in [5, 5.41) is 12.5. The molecule has 160 valence electrons. The summed E-state index contributed by atoms with van der Waals surface area (Å²) < 4.78 is 12.4. The van der Waals surface area contributed by atoms with E-state index >= 15 is 0 Å². The Labute approximate surface area is 180 Å². The highest BCUT2D eigenvalue weighted by molar-refractivity contribution is 5.84. The second kappa shape index (κ2) is 7.38. The number of fused-ring (bicyclic) bond motifs is 2. The van der Waals surface area contributed by atoms with E-state index in [0.717, 1.165) is 16.8 Å². The van der Waals surface area contributed by atoms with Crippen molar-refractivity contribution in [1.82, 2.24) is 19.6 Å². The maximum Gasteiger partial charge on any atom is 0.309 e. The summed E-state index contributed by atoms with van der Waals surface area (Å²) in [4.78, 5) is 34.1. The molecule has 0 unspecified atom stereocenters. The lowest BCUT2D eigenvalue weighted by atomic mass is 10.1. The number of aryl methyl sites for hydroxylation is 1. The number of methoxy groups -OCH3 is 1. The number of carboxylic acids is 1. The first kappa shape index (κ1) is 19.6. The number of hydrogen-bond donors (Lipinski definition) is 2. The number of aromatic nitrogens is 4. The lowest BCUT2D eigenvalue weighted by Gasteiger charge is -2.06. The Kier molecular flexibility index (Phi) is 4.51. The van der Waals surface area contributed by atoms with Crippen LogP contribution in [0.2, 0.25) is 0 Å². The maximum absolute atomic E-state index is 13.5. The molecule has 0 saturated heterocycles. The molecule has 0 bridgehead atoms. The normalized spacial score (nSPS) is 11.3. The first-order valence-electron chi connectivity index (χ1n) is 9.83. The maximum atomic E-state index is 13.5. The van der Waals surface area contributed by atoms with E-state index in [1.54, 1.807) is 18.2 Å². The van der Waals surface area contributed by atoms with E-state index in [-0.39, 0.29) is 17.1 Å². The van der Waals surface area contributed by atoms with Gasteiger partial charge in [-0.1, -0.05) is 36.4 Å². The fourth-order valence-electron chi connectivity index (χ4n) is 3.86. The molecule has 2 aromatic carbocycles. The van der Waals surface area contributed by atoms with Crippen molar-refractivity contribution in [3.63, 3.8) is 0 Å². The Bertz CT molecular complexity index is 1550. The van der Waals surface area contributed by atoms with E-state index in [1.165, 1.54) is 11.6 Å². The highest BCUT2D eigenvalue weighted by Gasteiger charge is 2.25. The number of aromatic amines is 1. The summed E-state index contributed by atoms with van der Waals surface area (Å²) in [7, 11) is 1.51. The molecular formula is C23H18N4O5. The van der Waals surface area contributed by atoms with Gasteiger partial charge in [-0.3, -0.25) is 14.7 Å². The van der Waals surface area contributed by atoms with Gasteiger partial charge < -0.3 is 14.3 Å². The van der Waals surface area contributed by atoms with E-state index in [2.05, 4.69) is 15.1 Å². The average Bonchev–Trinajstić information content (AvgIpc) is 3.34. The van der Waals surface area contributed by atoms with E-state index < -0.39 is 17.9 Å². The molecule has 2 N–H and O–H groups in total. The van der Waals surface area contributed by atoms with Gasteiger partial charge in [0.2, 0.25) is 5.89 Å². The van der Waals surface area contributed by atoms with Gasteiger partial charge in [0.05, 0.1) is 19.2 Å². The smallest absolute Gasteiger partial charge is 0.309 e. The number of para-hydroxylation sites is 1. The Morgan fingerprint density at radius 2 is 1.91 bits per heavy atom. The molecule has 0 aliphatic rings. The molecule has 0 radical (unpaired) electrons. The van der Waals surface area contributed by atoms with Gasteiger partial charge in [0, 0.05) is 11.3 Å². The van der Waals surface area contributed by atoms with Crippen LogP contribution >= 0.6 is 0 Å². The Hall–Kier alpha value is -4.40. The minimum absolute atomic E-state index is 0.0102. The molecule has 5 aromatic rings. The van der Waals surface area contributed by atoms with Crippen LogP contribution in [0.1, 0.15) is 11.4 Å². The molecule has 9 nitrogen and oxygen atoms in total. The van der Waals surface area contributed by atoms with Crippen LogP contribution in [0.5, 0.6) is 5.75 Å². The first-order chi connectivity index (χ1) is 15.5. The van der Waals surface area contributed by atoms with Gasteiger partial charge in [-0.25, -0.2) is 14.5 Å².